The van der Waals surface area contributed by atoms with Crippen LogP contribution in [0.25, 0.3) is 10.8 Å². The Kier molecular flexibility index (Phi) is 4.90. The topological polar surface area (TPSA) is 75.4 Å². The highest BCUT2D eigenvalue weighted by atomic mass is 16.2. The van der Waals surface area contributed by atoms with Gasteiger partial charge in [-0.05, 0) is 16.3 Å². The number of benzene rings is 2. The number of likely N-dealkylation sites (N-methyl/N-ethyl adjacent to an activating group) is 1. The summed E-state index contributed by atoms with van der Waals surface area (Å²) in [6.45, 7) is 0.357. The van der Waals surface area contributed by atoms with Crippen molar-refractivity contribution < 1.29 is 9.59 Å². The van der Waals surface area contributed by atoms with E-state index in [1.54, 1.807) is 11.9 Å². The molecule has 0 atom stereocenters. The minimum Gasteiger partial charge on any atom is -0.346 e. The second-order valence-corrected chi connectivity index (χ2v) is 4.87. The van der Waals surface area contributed by atoms with Crippen LogP contribution < -0.4 is 11.1 Å². The lowest BCUT2D eigenvalue weighted by atomic mass is 10.0. The summed E-state index contributed by atoms with van der Waals surface area (Å²) in [6, 6.07) is 14.1. The van der Waals surface area contributed by atoms with Gasteiger partial charge in [-0.25, -0.2) is 0 Å². The summed E-state index contributed by atoms with van der Waals surface area (Å²) in [5.41, 5.74) is 6.26. The van der Waals surface area contributed by atoms with Gasteiger partial charge in [0.15, 0.2) is 0 Å². The summed E-state index contributed by atoms with van der Waals surface area (Å²) in [5.74, 6) is -0.480. The largest absolute Gasteiger partial charge is 0.346 e. The van der Waals surface area contributed by atoms with E-state index in [1.807, 2.05) is 42.5 Å². The molecule has 3 N–H and O–H groups in total. The summed E-state index contributed by atoms with van der Waals surface area (Å²) in [4.78, 5) is 24.6. The minimum atomic E-state index is -0.332. The van der Waals surface area contributed by atoms with Crippen molar-refractivity contribution in [1.82, 2.24) is 10.2 Å². The molecule has 2 aromatic carbocycles. The molecule has 0 aromatic heterocycles. The molecule has 0 fully saturated rings. The fourth-order valence-corrected chi connectivity index (χ4v) is 2.16. The van der Waals surface area contributed by atoms with Crippen molar-refractivity contribution in [2.45, 2.75) is 6.54 Å². The molecule has 0 aliphatic heterocycles. The zero-order valence-electron chi connectivity index (χ0n) is 12.0. The minimum absolute atomic E-state index is 0.0305. The summed E-state index contributed by atoms with van der Waals surface area (Å²) in [7, 11) is 1.72. The molecule has 5 nitrogen and oxygen atoms in total. The number of hydrogen-bond acceptors (Lipinski definition) is 3. The van der Waals surface area contributed by atoms with Crippen molar-refractivity contribution in [3.63, 3.8) is 0 Å². The van der Waals surface area contributed by atoms with E-state index in [2.05, 4.69) is 5.32 Å². The first-order valence-corrected chi connectivity index (χ1v) is 6.79. The number of nitrogens with one attached hydrogen (secondary N) is 1. The van der Waals surface area contributed by atoms with Crippen LogP contribution in [-0.2, 0) is 16.1 Å². The molecule has 0 saturated carbocycles. The molecule has 5 heteroatoms. The van der Waals surface area contributed by atoms with Crippen LogP contribution in [0, 0.1) is 0 Å². The van der Waals surface area contributed by atoms with Crippen molar-refractivity contribution in [3.05, 3.63) is 48.0 Å². The number of fused-ring (bicyclic) bond motifs is 1. The van der Waals surface area contributed by atoms with E-state index in [4.69, 9.17) is 5.73 Å². The van der Waals surface area contributed by atoms with E-state index in [9.17, 15) is 9.59 Å². The van der Waals surface area contributed by atoms with Crippen LogP contribution in [0.4, 0.5) is 0 Å². The van der Waals surface area contributed by atoms with Gasteiger partial charge in [0.2, 0.25) is 11.8 Å². The second kappa shape index (κ2) is 6.85. The van der Waals surface area contributed by atoms with Crippen molar-refractivity contribution in [1.29, 1.82) is 0 Å². The maximum absolute atomic E-state index is 12.0. The molecule has 2 rings (SSSR count). The standard InChI is InChI=1S/C16H19N3O2/c1-19(16(21)10-18-15(20)9-17)11-13-7-4-6-12-5-2-3-8-14(12)13/h2-8H,9-11,17H2,1H3,(H,18,20). The SMILES string of the molecule is CN(Cc1cccc2ccccc12)C(=O)CNC(=O)CN. The van der Waals surface area contributed by atoms with Crippen LogP contribution in [0.15, 0.2) is 42.5 Å². The Balaban J connectivity index is 2.06. The summed E-state index contributed by atoms with van der Waals surface area (Å²) >= 11 is 0. The van der Waals surface area contributed by atoms with Gasteiger partial charge in [0.05, 0.1) is 13.1 Å². The highest BCUT2D eigenvalue weighted by Crippen LogP contribution is 2.19. The van der Waals surface area contributed by atoms with Gasteiger partial charge in [-0.3, -0.25) is 9.59 Å². The van der Waals surface area contributed by atoms with Crippen LogP contribution in [0.1, 0.15) is 5.56 Å². The maximum atomic E-state index is 12.0. The third-order valence-corrected chi connectivity index (χ3v) is 3.34. The Morgan fingerprint density at radius 1 is 1.14 bits per heavy atom. The normalized spacial score (nSPS) is 10.4. The Bertz CT molecular complexity index is 650. The predicted octanol–water partition coefficient (Wildman–Crippen LogP) is 0.873. The first kappa shape index (κ1) is 15.0. The Morgan fingerprint density at radius 3 is 2.62 bits per heavy atom. The number of carbonyl (C=O) groups excluding carboxylic acids is 2. The lowest BCUT2D eigenvalue weighted by molar-refractivity contribution is -0.131. The van der Waals surface area contributed by atoms with Gasteiger partial charge in [-0.1, -0.05) is 42.5 Å². The zero-order valence-corrected chi connectivity index (χ0v) is 12.0. The number of nitrogens with zero attached hydrogens (tertiary/aromatic N) is 1. The number of carbonyl (C=O) groups is 2. The van der Waals surface area contributed by atoms with Gasteiger partial charge < -0.3 is 16.0 Å². The van der Waals surface area contributed by atoms with Gasteiger partial charge in [-0.15, -0.1) is 0 Å². The van der Waals surface area contributed by atoms with E-state index in [1.165, 1.54) is 0 Å². The van der Waals surface area contributed by atoms with Gasteiger partial charge in [-0.2, -0.15) is 0 Å². The maximum Gasteiger partial charge on any atom is 0.242 e. The lowest BCUT2D eigenvalue weighted by Crippen LogP contribution is -2.40. The number of amides is 2. The Hall–Kier alpha value is -2.40. The highest BCUT2D eigenvalue weighted by molar-refractivity contribution is 5.87. The quantitative estimate of drug-likeness (QED) is 0.856. The monoisotopic (exact) mass is 285 g/mol. The van der Waals surface area contributed by atoms with E-state index in [-0.39, 0.29) is 24.9 Å². The summed E-state index contributed by atoms with van der Waals surface area (Å²) in [5, 5.41) is 4.76. The van der Waals surface area contributed by atoms with Crippen molar-refractivity contribution in [2.75, 3.05) is 20.1 Å². The van der Waals surface area contributed by atoms with Gasteiger partial charge in [0.1, 0.15) is 0 Å². The first-order chi connectivity index (χ1) is 10.1. The zero-order chi connectivity index (χ0) is 15.2. The van der Waals surface area contributed by atoms with E-state index in [0.717, 1.165) is 16.3 Å². The molecule has 2 aromatic rings. The molecule has 0 radical (unpaired) electrons. The molecule has 2 amide bonds. The summed E-state index contributed by atoms with van der Waals surface area (Å²) in [6.07, 6.45) is 0. The van der Waals surface area contributed by atoms with Gasteiger partial charge in [0, 0.05) is 13.6 Å². The molecule has 21 heavy (non-hydrogen) atoms. The average Bonchev–Trinajstić information content (AvgIpc) is 2.52. The Morgan fingerprint density at radius 2 is 1.86 bits per heavy atom. The fourth-order valence-electron chi connectivity index (χ4n) is 2.16. The van der Waals surface area contributed by atoms with Crippen LogP contribution >= 0.6 is 0 Å². The molecule has 0 aliphatic carbocycles. The third-order valence-electron chi connectivity index (χ3n) is 3.34. The molecular formula is C16H19N3O2. The van der Waals surface area contributed by atoms with Crippen LogP contribution in [0.3, 0.4) is 0 Å². The number of nitrogens with two attached hydrogens (primary N) is 1. The fraction of sp³-hybridized carbons (Fsp3) is 0.250. The van der Waals surface area contributed by atoms with E-state index >= 15 is 0 Å². The molecule has 0 heterocycles. The Labute approximate surface area is 123 Å². The smallest absolute Gasteiger partial charge is 0.242 e. The molecule has 0 spiro atoms. The second-order valence-electron chi connectivity index (χ2n) is 4.87. The van der Waals surface area contributed by atoms with Crippen molar-refractivity contribution >= 4 is 22.6 Å². The molecular weight excluding hydrogens is 266 g/mol. The highest BCUT2D eigenvalue weighted by Gasteiger charge is 2.11. The van der Waals surface area contributed by atoms with Crippen LogP contribution in [0.2, 0.25) is 0 Å². The van der Waals surface area contributed by atoms with Crippen molar-refractivity contribution in [3.8, 4) is 0 Å². The number of rotatable bonds is 5. The van der Waals surface area contributed by atoms with Crippen LogP contribution in [-0.4, -0.2) is 36.9 Å². The average molecular weight is 285 g/mol. The lowest BCUT2D eigenvalue weighted by Gasteiger charge is -2.18. The van der Waals surface area contributed by atoms with Crippen molar-refractivity contribution in [2.24, 2.45) is 5.73 Å². The van der Waals surface area contributed by atoms with Gasteiger partial charge >= 0.3 is 0 Å². The van der Waals surface area contributed by atoms with E-state index in [0.29, 0.717) is 6.54 Å². The first-order valence-electron chi connectivity index (χ1n) is 6.79. The predicted molar refractivity (Wildman–Crippen MR) is 82.5 cm³/mol. The molecule has 0 unspecified atom stereocenters. The van der Waals surface area contributed by atoms with Crippen LogP contribution in [0.5, 0.6) is 0 Å². The summed E-state index contributed by atoms with van der Waals surface area (Å²) < 4.78 is 0. The number of hydrogen-bond donors (Lipinski definition) is 2. The molecule has 0 bridgehead atoms. The van der Waals surface area contributed by atoms with E-state index < -0.39 is 0 Å². The molecule has 0 aliphatic rings. The molecule has 0 saturated heterocycles. The molecule has 110 valence electrons. The van der Waals surface area contributed by atoms with Gasteiger partial charge in [0.25, 0.3) is 0 Å². The third kappa shape index (κ3) is 3.79.